The van der Waals surface area contributed by atoms with Crippen LogP contribution >= 0.6 is 12.4 Å². The number of methoxy groups -OCH3 is 1. The molecule has 0 spiro atoms. The number of halogens is 1. The van der Waals surface area contributed by atoms with Crippen molar-refractivity contribution in [2.75, 3.05) is 19.0 Å². The Kier molecular flexibility index (Phi) is 3.36. The lowest BCUT2D eigenvalue weighted by molar-refractivity contribution is 0.0600. The van der Waals surface area contributed by atoms with Gasteiger partial charge in [0, 0.05) is 12.2 Å². The SMILES string of the molecule is COC(=O)c1cccc2c1CCN2.Cl. The van der Waals surface area contributed by atoms with E-state index in [4.69, 9.17) is 4.74 Å². The summed E-state index contributed by atoms with van der Waals surface area (Å²) in [6.07, 6.45) is 0.903. The Bertz CT molecular complexity index is 352. The monoisotopic (exact) mass is 213 g/mol. The summed E-state index contributed by atoms with van der Waals surface area (Å²) in [4.78, 5) is 11.3. The molecule has 1 heterocycles. The molecule has 2 rings (SSSR count). The molecule has 76 valence electrons. The van der Waals surface area contributed by atoms with Crippen LogP contribution in [-0.4, -0.2) is 19.6 Å². The largest absolute Gasteiger partial charge is 0.465 e. The van der Waals surface area contributed by atoms with E-state index in [0.29, 0.717) is 5.56 Å². The topological polar surface area (TPSA) is 38.3 Å². The number of anilines is 1. The summed E-state index contributed by atoms with van der Waals surface area (Å²) in [6.45, 7) is 0.906. The van der Waals surface area contributed by atoms with Crippen LogP contribution in [0.3, 0.4) is 0 Å². The molecule has 3 nitrogen and oxygen atoms in total. The highest BCUT2D eigenvalue weighted by atomic mass is 35.5. The summed E-state index contributed by atoms with van der Waals surface area (Å²) in [5.41, 5.74) is 2.82. The highest BCUT2D eigenvalue weighted by molar-refractivity contribution is 5.93. The molecule has 0 radical (unpaired) electrons. The van der Waals surface area contributed by atoms with E-state index in [-0.39, 0.29) is 18.4 Å². The summed E-state index contributed by atoms with van der Waals surface area (Å²) in [5, 5.41) is 3.21. The standard InChI is InChI=1S/C10H11NO2.ClH/c1-13-10(12)8-3-2-4-9-7(8)5-6-11-9;/h2-4,11H,5-6H2,1H3;1H. The maximum Gasteiger partial charge on any atom is 0.338 e. The Morgan fingerprint density at radius 2 is 2.29 bits per heavy atom. The first kappa shape index (κ1) is 10.9. The molecule has 0 unspecified atom stereocenters. The van der Waals surface area contributed by atoms with Crippen LogP contribution < -0.4 is 5.32 Å². The molecule has 14 heavy (non-hydrogen) atoms. The van der Waals surface area contributed by atoms with E-state index < -0.39 is 0 Å². The van der Waals surface area contributed by atoms with Crippen molar-refractivity contribution in [3.63, 3.8) is 0 Å². The number of carbonyl (C=O) groups is 1. The van der Waals surface area contributed by atoms with Crippen molar-refractivity contribution < 1.29 is 9.53 Å². The number of nitrogens with one attached hydrogen (secondary N) is 1. The summed E-state index contributed by atoms with van der Waals surface area (Å²) in [6, 6.07) is 5.65. The van der Waals surface area contributed by atoms with E-state index >= 15 is 0 Å². The summed E-state index contributed by atoms with van der Waals surface area (Å²) in [5.74, 6) is -0.249. The van der Waals surface area contributed by atoms with E-state index in [2.05, 4.69) is 5.32 Å². The number of esters is 1. The second-order valence-corrected chi connectivity index (χ2v) is 3.00. The molecule has 1 N–H and O–H groups in total. The van der Waals surface area contributed by atoms with Crippen LogP contribution in [0, 0.1) is 0 Å². The van der Waals surface area contributed by atoms with Gasteiger partial charge in [0.25, 0.3) is 0 Å². The maximum atomic E-state index is 11.3. The number of benzene rings is 1. The van der Waals surface area contributed by atoms with E-state index in [1.165, 1.54) is 7.11 Å². The van der Waals surface area contributed by atoms with Gasteiger partial charge in [-0.15, -0.1) is 12.4 Å². The van der Waals surface area contributed by atoms with Gasteiger partial charge in [-0.1, -0.05) is 6.07 Å². The van der Waals surface area contributed by atoms with Crippen molar-refractivity contribution in [3.05, 3.63) is 29.3 Å². The van der Waals surface area contributed by atoms with Crippen LogP contribution in [0.2, 0.25) is 0 Å². The van der Waals surface area contributed by atoms with Crippen molar-refractivity contribution in [2.45, 2.75) is 6.42 Å². The van der Waals surface area contributed by atoms with Gasteiger partial charge >= 0.3 is 5.97 Å². The number of fused-ring (bicyclic) bond motifs is 1. The van der Waals surface area contributed by atoms with Crippen molar-refractivity contribution in [3.8, 4) is 0 Å². The highest BCUT2D eigenvalue weighted by Gasteiger charge is 2.18. The Labute approximate surface area is 88.9 Å². The van der Waals surface area contributed by atoms with Gasteiger partial charge in [0.15, 0.2) is 0 Å². The molecule has 1 aromatic carbocycles. The third-order valence-electron chi connectivity index (χ3n) is 2.27. The quantitative estimate of drug-likeness (QED) is 0.724. The first-order chi connectivity index (χ1) is 6.33. The third kappa shape index (κ3) is 1.68. The number of rotatable bonds is 1. The van der Waals surface area contributed by atoms with Crippen molar-refractivity contribution in [2.24, 2.45) is 0 Å². The molecule has 1 aliphatic rings. The fourth-order valence-electron chi connectivity index (χ4n) is 1.65. The van der Waals surface area contributed by atoms with Gasteiger partial charge in [-0.3, -0.25) is 0 Å². The maximum absolute atomic E-state index is 11.3. The molecular formula is C10H12ClNO2. The fourth-order valence-corrected chi connectivity index (χ4v) is 1.65. The minimum atomic E-state index is -0.249. The second kappa shape index (κ2) is 4.33. The van der Waals surface area contributed by atoms with E-state index in [9.17, 15) is 4.79 Å². The van der Waals surface area contributed by atoms with Crippen LogP contribution in [-0.2, 0) is 11.2 Å². The molecule has 0 aliphatic carbocycles. The van der Waals surface area contributed by atoms with Gasteiger partial charge in [-0.05, 0) is 24.1 Å². The van der Waals surface area contributed by atoms with E-state index in [0.717, 1.165) is 24.2 Å². The smallest absolute Gasteiger partial charge is 0.338 e. The molecule has 4 heteroatoms. The van der Waals surface area contributed by atoms with Gasteiger partial charge in [-0.25, -0.2) is 4.79 Å². The molecule has 0 aromatic heterocycles. The van der Waals surface area contributed by atoms with Gasteiger partial charge in [0.1, 0.15) is 0 Å². The molecule has 0 amide bonds. The molecule has 0 bridgehead atoms. The van der Waals surface area contributed by atoms with E-state index in [1.807, 2.05) is 12.1 Å². The average molecular weight is 214 g/mol. The van der Waals surface area contributed by atoms with Crippen LogP contribution in [0.25, 0.3) is 0 Å². The van der Waals surface area contributed by atoms with Gasteiger partial charge in [0.05, 0.1) is 12.7 Å². The van der Waals surface area contributed by atoms with Crippen molar-refractivity contribution in [1.82, 2.24) is 0 Å². The zero-order chi connectivity index (χ0) is 9.26. The zero-order valence-electron chi connectivity index (χ0n) is 7.87. The summed E-state index contributed by atoms with van der Waals surface area (Å²) >= 11 is 0. The molecule has 0 saturated carbocycles. The molecule has 0 atom stereocenters. The Morgan fingerprint density at radius 3 is 3.00 bits per heavy atom. The van der Waals surface area contributed by atoms with Crippen molar-refractivity contribution in [1.29, 1.82) is 0 Å². The number of carbonyl (C=O) groups excluding carboxylic acids is 1. The molecule has 1 aliphatic heterocycles. The van der Waals surface area contributed by atoms with Crippen LogP contribution in [0.4, 0.5) is 5.69 Å². The first-order valence-corrected chi connectivity index (χ1v) is 4.27. The molecule has 0 fully saturated rings. The fraction of sp³-hybridized carbons (Fsp3) is 0.300. The van der Waals surface area contributed by atoms with E-state index in [1.54, 1.807) is 6.07 Å². The molecule has 1 aromatic rings. The predicted molar refractivity (Wildman–Crippen MR) is 57.2 cm³/mol. The Balaban J connectivity index is 0.000000980. The number of hydrogen-bond donors (Lipinski definition) is 1. The average Bonchev–Trinajstić information content (AvgIpc) is 2.63. The number of hydrogen-bond acceptors (Lipinski definition) is 3. The molecular weight excluding hydrogens is 202 g/mol. The Hall–Kier alpha value is -1.22. The highest BCUT2D eigenvalue weighted by Crippen LogP contribution is 2.25. The summed E-state index contributed by atoms with van der Waals surface area (Å²) in [7, 11) is 1.41. The normalized spacial score (nSPS) is 12.4. The minimum absolute atomic E-state index is 0. The number of ether oxygens (including phenoxy) is 1. The summed E-state index contributed by atoms with van der Waals surface area (Å²) < 4.78 is 4.69. The first-order valence-electron chi connectivity index (χ1n) is 4.27. The lowest BCUT2D eigenvalue weighted by Gasteiger charge is -2.04. The zero-order valence-corrected chi connectivity index (χ0v) is 8.69. The second-order valence-electron chi connectivity index (χ2n) is 3.00. The molecule has 0 saturated heterocycles. The van der Waals surface area contributed by atoms with Gasteiger partial charge in [-0.2, -0.15) is 0 Å². The van der Waals surface area contributed by atoms with Crippen LogP contribution in [0.5, 0.6) is 0 Å². The van der Waals surface area contributed by atoms with Crippen LogP contribution in [0.1, 0.15) is 15.9 Å². The van der Waals surface area contributed by atoms with Gasteiger partial charge in [0.2, 0.25) is 0 Å². The van der Waals surface area contributed by atoms with Crippen molar-refractivity contribution >= 4 is 24.1 Å². The lowest BCUT2D eigenvalue weighted by atomic mass is 10.1. The van der Waals surface area contributed by atoms with Gasteiger partial charge < -0.3 is 10.1 Å². The minimum Gasteiger partial charge on any atom is -0.465 e. The Morgan fingerprint density at radius 1 is 1.50 bits per heavy atom. The third-order valence-corrected chi connectivity index (χ3v) is 2.27. The lowest BCUT2D eigenvalue weighted by Crippen LogP contribution is -2.04. The van der Waals surface area contributed by atoms with Crippen LogP contribution in [0.15, 0.2) is 18.2 Å². The predicted octanol–water partition coefficient (Wildman–Crippen LogP) is 1.86.